The molecule has 3 N–H and O–H groups in total. The largest absolute Gasteiger partial charge is 0.372 e. The predicted octanol–water partition coefficient (Wildman–Crippen LogP) is 3.86. The Balaban J connectivity index is 1.59. The summed E-state index contributed by atoms with van der Waals surface area (Å²) in [7, 11) is -2.53. The standard InChI is InChI=1S/C20H16F2N6O2S/c1-23-18-12(8-9-31(29,30)17-7-6-13(21)10-14(17)22)11-24-19(27-18)28-20-25-15-4-2-3-5-16(15)26-20/h2-11H,1H3,(H3,23,24,25,26,27,28). The zero-order valence-electron chi connectivity index (χ0n) is 16.1. The highest BCUT2D eigenvalue weighted by Crippen LogP contribution is 2.22. The molecule has 0 aliphatic heterocycles. The number of hydrogen-bond donors (Lipinski definition) is 3. The van der Waals surface area contributed by atoms with E-state index in [0.717, 1.165) is 28.6 Å². The molecule has 2 heterocycles. The first kappa shape index (κ1) is 20.4. The van der Waals surface area contributed by atoms with Gasteiger partial charge in [-0.1, -0.05) is 12.1 Å². The quantitative estimate of drug-likeness (QED) is 0.389. The zero-order chi connectivity index (χ0) is 22.0. The highest BCUT2D eigenvalue weighted by Gasteiger charge is 2.17. The van der Waals surface area contributed by atoms with E-state index in [1.165, 1.54) is 12.3 Å². The summed E-state index contributed by atoms with van der Waals surface area (Å²) in [6.07, 6.45) is 2.63. The molecule has 2 aromatic heterocycles. The number of hydrogen-bond acceptors (Lipinski definition) is 7. The lowest BCUT2D eigenvalue weighted by Crippen LogP contribution is -2.04. The molecule has 11 heteroatoms. The first-order valence-corrected chi connectivity index (χ1v) is 10.5. The minimum Gasteiger partial charge on any atom is -0.372 e. The van der Waals surface area contributed by atoms with Crippen LogP contribution in [0.4, 0.5) is 26.5 Å². The molecule has 0 radical (unpaired) electrons. The topological polar surface area (TPSA) is 113 Å². The summed E-state index contributed by atoms with van der Waals surface area (Å²) in [5, 5.41) is 6.62. The second kappa shape index (κ2) is 8.11. The number of nitrogens with zero attached hydrogens (tertiary/aromatic N) is 3. The lowest BCUT2D eigenvalue weighted by atomic mass is 10.3. The first-order valence-electron chi connectivity index (χ1n) is 9.00. The van der Waals surface area contributed by atoms with Crippen LogP contribution >= 0.6 is 0 Å². The smallest absolute Gasteiger partial charge is 0.231 e. The van der Waals surface area contributed by atoms with E-state index in [0.29, 0.717) is 23.4 Å². The van der Waals surface area contributed by atoms with Gasteiger partial charge in [-0.25, -0.2) is 27.2 Å². The average molecular weight is 442 g/mol. The van der Waals surface area contributed by atoms with E-state index >= 15 is 0 Å². The summed E-state index contributed by atoms with van der Waals surface area (Å²) in [6.45, 7) is 0. The third-order valence-electron chi connectivity index (χ3n) is 4.30. The number of fused-ring (bicyclic) bond motifs is 1. The van der Waals surface area contributed by atoms with E-state index in [-0.39, 0.29) is 5.95 Å². The fraction of sp³-hybridized carbons (Fsp3) is 0.0500. The SMILES string of the molecule is CNc1nc(Nc2nc3ccccc3[nH]2)ncc1C=CS(=O)(=O)c1ccc(F)cc1F. The molecule has 0 spiro atoms. The normalized spacial score (nSPS) is 11.8. The number of benzene rings is 2. The maximum Gasteiger partial charge on any atom is 0.231 e. The van der Waals surface area contributed by atoms with Crippen LogP contribution in [0, 0.1) is 11.6 Å². The van der Waals surface area contributed by atoms with Gasteiger partial charge in [0.2, 0.25) is 21.7 Å². The summed E-state index contributed by atoms with van der Waals surface area (Å²) >= 11 is 0. The maximum absolute atomic E-state index is 13.8. The van der Waals surface area contributed by atoms with Gasteiger partial charge in [-0.05, 0) is 30.3 Å². The van der Waals surface area contributed by atoms with Crippen molar-refractivity contribution >= 4 is 44.7 Å². The number of para-hydroxylation sites is 2. The number of halogens is 2. The van der Waals surface area contributed by atoms with E-state index in [1.807, 2.05) is 24.3 Å². The van der Waals surface area contributed by atoms with Crippen LogP contribution in [0.25, 0.3) is 17.1 Å². The van der Waals surface area contributed by atoms with Crippen molar-refractivity contribution in [3.8, 4) is 0 Å². The lowest BCUT2D eigenvalue weighted by molar-refractivity contribution is 0.552. The van der Waals surface area contributed by atoms with Crippen molar-refractivity contribution in [2.45, 2.75) is 4.90 Å². The fourth-order valence-corrected chi connectivity index (χ4v) is 3.89. The molecule has 2 aromatic carbocycles. The molecule has 0 atom stereocenters. The molecule has 0 saturated carbocycles. The number of rotatable bonds is 6. The summed E-state index contributed by atoms with van der Waals surface area (Å²) in [5.41, 5.74) is 1.97. The molecule has 0 aliphatic carbocycles. The zero-order valence-corrected chi connectivity index (χ0v) is 16.9. The molecular weight excluding hydrogens is 426 g/mol. The van der Waals surface area contributed by atoms with Crippen LogP contribution in [0.3, 0.4) is 0 Å². The molecule has 4 aromatic rings. The van der Waals surface area contributed by atoms with Crippen molar-refractivity contribution in [3.05, 3.63) is 71.3 Å². The summed E-state index contributed by atoms with van der Waals surface area (Å²) in [5.74, 6) is -1.02. The number of sulfone groups is 1. The van der Waals surface area contributed by atoms with Gasteiger partial charge in [0, 0.05) is 30.3 Å². The van der Waals surface area contributed by atoms with Crippen LogP contribution < -0.4 is 10.6 Å². The number of H-pyrrole nitrogens is 1. The monoisotopic (exact) mass is 442 g/mol. The van der Waals surface area contributed by atoms with Crippen molar-refractivity contribution in [1.82, 2.24) is 19.9 Å². The average Bonchev–Trinajstić information content (AvgIpc) is 3.14. The van der Waals surface area contributed by atoms with Gasteiger partial charge >= 0.3 is 0 Å². The second-order valence-electron chi connectivity index (χ2n) is 6.40. The van der Waals surface area contributed by atoms with E-state index in [2.05, 4.69) is 30.6 Å². The molecule has 158 valence electrons. The van der Waals surface area contributed by atoms with Crippen molar-refractivity contribution in [1.29, 1.82) is 0 Å². The Morgan fingerprint density at radius 1 is 1.10 bits per heavy atom. The third kappa shape index (κ3) is 4.36. The molecule has 4 rings (SSSR count). The number of aromatic nitrogens is 4. The first-order chi connectivity index (χ1) is 14.9. The van der Waals surface area contributed by atoms with Gasteiger partial charge in [0.1, 0.15) is 22.3 Å². The van der Waals surface area contributed by atoms with Crippen LogP contribution in [0.1, 0.15) is 5.56 Å². The molecule has 0 amide bonds. The van der Waals surface area contributed by atoms with Gasteiger partial charge in [-0.15, -0.1) is 0 Å². The molecule has 31 heavy (non-hydrogen) atoms. The summed E-state index contributed by atoms with van der Waals surface area (Å²) < 4.78 is 51.7. The van der Waals surface area contributed by atoms with E-state index in [1.54, 1.807) is 7.05 Å². The number of aromatic amines is 1. The predicted molar refractivity (Wildman–Crippen MR) is 114 cm³/mol. The minimum absolute atomic E-state index is 0.230. The highest BCUT2D eigenvalue weighted by atomic mass is 32.2. The Morgan fingerprint density at radius 3 is 2.65 bits per heavy atom. The van der Waals surface area contributed by atoms with Crippen molar-refractivity contribution < 1.29 is 17.2 Å². The molecule has 0 saturated heterocycles. The molecular formula is C20H16F2N6O2S. The molecule has 0 bridgehead atoms. The second-order valence-corrected chi connectivity index (χ2v) is 8.20. The van der Waals surface area contributed by atoms with Gasteiger partial charge < -0.3 is 10.3 Å². The Hall–Kier alpha value is -3.86. The van der Waals surface area contributed by atoms with Crippen molar-refractivity contribution in [3.63, 3.8) is 0 Å². The Morgan fingerprint density at radius 2 is 1.90 bits per heavy atom. The van der Waals surface area contributed by atoms with Gasteiger partial charge in [0.25, 0.3) is 0 Å². The molecule has 0 fully saturated rings. The van der Waals surface area contributed by atoms with Crippen molar-refractivity contribution in [2.75, 3.05) is 17.7 Å². The van der Waals surface area contributed by atoms with Gasteiger partial charge in [-0.2, -0.15) is 4.98 Å². The number of anilines is 3. The van der Waals surface area contributed by atoms with Crippen LogP contribution in [-0.4, -0.2) is 35.4 Å². The number of imidazole rings is 1. The van der Waals surface area contributed by atoms with Crippen LogP contribution in [0.2, 0.25) is 0 Å². The maximum atomic E-state index is 13.8. The van der Waals surface area contributed by atoms with E-state index in [9.17, 15) is 17.2 Å². The Kier molecular flexibility index (Phi) is 5.34. The Bertz CT molecular complexity index is 1370. The molecule has 0 aliphatic rings. The third-order valence-corrected chi connectivity index (χ3v) is 5.74. The summed E-state index contributed by atoms with van der Waals surface area (Å²) in [6, 6.07) is 9.76. The fourth-order valence-electron chi connectivity index (χ4n) is 2.83. The summed E-state index contributed by atoms with van der Waals surface area (Å²) in [4.78, 5) is 15.3. The Labute approximate surface area is 176 Å². The van der Waals surface area contributed by atoms with Crippen molar-refractivity contribution in [2.24, 2.45) is 0 Å². The van der Waals surface area contributed by atoms with Crippen LogP contribution in [0.5, 0.6) is 0 Å². The highest BCUT2D eigenvalue weighted by molar-refractivity contribution is 7.94. The van der Waals surface area contributed by atoms with Gasteiger partial charge in [0.15, 0.2) is 0 Å². The number of nitrogens with one attached hydrogen (secondary N) is 3. The van der Waals surface area contributed by atoms with Gasteiger partial charge in [0.05, 0.1) is 11.0 Å². The van der Waals surface area contributed by atoms with Crippen LogP contribution in [0.15, 0.2) is 59.0 Å². The minimum atomic E-state index is -4.14. The van der Waals surface area contributed by atoms with E-state index in [4.69, 9.17) is 0 Å². The van der Waals surface area contributed by atoms with E-state index < -0.39 is 26.4 Å². The van der Waals surface area contributed by atoms with Gasteiger partial charge in [-0.3, -0.25) is 5.32 Å². The molecule has 8 nitrogen and oxygen atoms in total. The molecule has 0 unspecified atom stereocenters. The lowest BCUT2D eigenvalue weighted by Gasteiger charge is -2.07. The van der Waals surface area contributed by atoms with Crippen LogP contribution in [-0.2, 0) is 9.84 Å².